The molecule has 0 spiro atoms. The molecule has 114 valence electrons. The van der Waals surface area contributed by atoms with Crippen LogP contribution in [0.4, 0.5) is 0 Å². The summed E-state index contributed by atoms with van der Waals surface area (Å²) in [7, 11) is 1.39. The van der Waals surface area contributed by atoms with Crippen LogP contribution in [0.25, 0.3) is 0 Å². The third-order valence-electron chi connectivity index (χ3n) is 3.99. The fourth-order valence-electron chi connectivity index (χ4n) is 2.28. The quantitative estimate of drug-likeness (QED) is 0.393. The number of rotatable bonds is 4. The Labute approximate surface area is 128 Å². The predicted molar refractivity (Wildman–Crippen MR) is 84.9 cm³/mol. The van der Waals surface area contributed by atoms with Gasteiger partial charge in [-0.3, -0.25) is 9.59 Å². The van der Waals surface area contributed by atoms with Crippen LogP contribution in [0.15, 0.2) is 23.2 Å². The minimum atomic E-state index is 0.00546. The van der Waals surface area contributed by atoms with Gasteiger partial charge < -0.3 is 14.7 Å². The first-order valence-electron chi connectivity index (χ1n) is 7.97. The Hall–Kier alpha value is -1.56. The molecule has 3 fully saturated rings. The number of hydrogen-bond acceptors (Lipinski definition) is 5. The summed E-state index contributed by atoms with van der Waals surface area (Å²) in [5.41, 5.74) is 1.89. The molecule has 3 aliphatic heterocycles. The van der Waals surface area contributed by atoms with Crippen LogP contribution in [-0.2, 0) is 9.59 Å². The number of nitrogens with zero attached hydrogens (tertiary/aromatic N) is 3. The molecule has 0 atom stereocenters. The van der Waals surface area contributed by atoms with Crippen molar-refractivity contribution in [2.24, 2.45) is 0 Å². The Morgan fingerprint density at radius 1 is 0.952 bits per heavy atom. The zero-order chi connectivity index (χ0) is 15.0. The summed E-state index contributed by atoms with van der Waals surface area (Å²) in [5.74, 6) is 0.0485. The van der Waals surface area contributed by atoms with Crippen LogP contribution in [-0.4, -0.2) is 75.8 Å². The molecule has 0 amide bonds. The summed E-state index contributed by atoms with van der Waals surface area (Å²) in [5, 5.41) is 0. The third-order valence-corrected chi connectivity index (χ3v) is 4.99. The van der Waals surface area contributed by atoms with Gasteiger partial charge in [-0.1, -0.05) is 19.4 Å². The number of allylic oxidation sites excluding steroid dienone is 1. The van der Waals surface area contributed by atoms with Crippen molar-refractivity contribution in [1.82, 2.24) is 14.7 Å². The van der Waals surface area contributed by atoms with Crippen molar-refractivity contribution in [3.05, 3.63) is 23.2 Å². The second kappa shape index (κ2) is 5.67. The first-order chi connectivity index (χ1) is 10.2. The van der Waals surface area contributed by atoms with Gasteiger partial charge in [-0.2, -0.15) is 0 Å². The molecule has 0 bridgehead atoms. The molecule has 0 N–H and O–H groups in total. The van der Waals surface area contributed by atoms with E-state index in [1.807, 2.05) is 14.7 Å². The number of carbonyl (C=O) groups is 2. The fourth-order valence-corrected chi connectivity index (χ4v) is 2.28. The molecule has 0 aromatic carbocycles. The average molecular weight is 305 g/mol. The highest BCUT2D eigenvalue weighted by Gasteiger charge is 2.43. The summed E-state index contributed by atoms with van der Waals surface area (Å²) < 4.78 is 0. The van der Waals surface area contributed by atoms with Gasteiger partial charge in [0.15, 0.2) is 0 Å². The van der Waals surface area contributed by atoms with E-state index < -0.39 is 0 Å². The number of ketones is 2. The van der Waals surface area contributed by atoms with Crippen LogP contribution < -0.4 is 0 Å². The molecule has 5 nitrogen and oxygen atoms in total. The third kappa shape index (κ3) is 3.05. The zero-order valence-corrected chi connectivity index (χ0v) is 14.9. The molecule has 3 saturated heterocycles. The van der Waals surface area contributed by atoms with Gasteiger partial charge in [0, 0.05) is 55.6 Å². The molecule has 0 radical (unpaired) electrons. The van der Waals surface area contributed by atoms with E-state index in [9.17, 15) is 9.59 Å². The van der Waals surface area contributed by atoms with Crippen molar-refractivity contribution in [1.29, 1.82) is 0 Å². The summed E-state index contributed by atoms with van der Waals surface area (Å²) in [6.45, 7) is 7.62. The van der Waals surface area contributed by atoms with Gasteiger partial charge >= 0.3 is 0 Å². The van der Waals surface area contributed by atoms with Crippen LogP contribution in [0, 0.1) is 0 Å². The van der Waals surface area contributed by atoms with Crippen LogP contribution in [0.3, 0.4) is 0 Å². The van der Waals surface area contributed by atoms with Gasteiger partial charge in [0.1, 0.15) is 11.4 Å². The number of hydrogen-bond donors (Lipinski definition) is 0. The van der Waals surface area contributed by atoms with Crippen molar-refractivity contribution in [3.8, 4) is 0 Å². The Balaban J connectivity index is 0.000000298. The molecule has 0 aromatic heterocycles. The van der Waals surface area contributed by atoms with Crippen molar-refractivity contribution >= 4 is 21.8 Å². The first-order valence-corrected chi connectivity index (χ1v) is 9.38. The van der Waals surface area contributed by atoms with Gasteiger partial charge in [0.2, 0.25) is 11.6 Å². The highest BCUT2D eigenvalue weighted by molar-refractivity contribution is 6.22. The molecule has 4 aliphatic rings. The molecule has 0 unspecified atom stereocenters. The highest BCUT2D eigenvalue weighted by Crippen LogP contribution is 2.33. The second-order valence-electron chi connectivity index (χ2n) is 5.88. The summed E-state index contributed by atoms with van der Waals surface area (Å²) in [6, 6.07) is 1.46. The lowest BCUT2D eigenvalue weighted by atomic mass is 10.0. The van der Waals surface area contributed by atoms with Crippen molar-refractivity contribution in [2.45, 2.75) is 19.4 Å². The lowest BCUT2D eigenvalue weighted by Gasteiger charge is -2.21. The van der Waals surface area contributed by atoms with Crippen LogP contribution in [0.5, 0.6) is 0 Å². The Morgan fingerprint density at radius 2 is 1.43 bits per heavy atom. The minimum Gasteiger partial charge on any atom is -0.365 e. The second-order valence-corrected chi connectivity index (χ2v) is 6.88. The lowest BCUT2D eigenvalue weighted by molar-refractivity contribution is -0.117. The molecule has 0 aromatic rings. The molecular weight excluding hydrogens is 282 g/mol. The smallest absolute Gasteiger partial charge is 0.227 e. The number of Topliss-reactive ketones (excluding diaryl/α,β-unsaturated/α-hetero) is 1. The maximum atomic E-state index is 12.4. The topological polar surface area (TPSA) is 43.2 Å². The first kappa shape index (κ1) is 14.4. The molecule has 4 rings (SSSR count). The summed E-state index contributed by atoms with van der Waals surface area (Å²) >= 11 is 0. The average Bonchev–Trinajstić information content (AvgIpc) is 3.30. The normalized spacial score (nSPS) is 23.1. The van der Waals surface area contributed by atoms with E-state index in [2.05, 4.69) is 6.92 Å². The van der Waals surface area contributed by atoms with Crippen molar-refractivity contribution in [3.63, 3.8) is 0 Å². The van der Waals surface area contributed by atoms with Crippen LogP contribution in [0.2, 0.25) is 6.04 Å². The predicted octanol–water partition coefficient (Wildman–Crippen LogP) is -0.639. The maximum Gasteiger partial charge on any atom is 0.227 e. The van der Waals surface area contributed by atoms with E-state index in [0.717, 1.165) is 39.3 Å². The van der Waals surface area contributed by atoms with E-state index >= 15 is 0 Å². The van der Waals surface area contributed by atoms with Gasteiger partial charge in [-0.05, 0) is 0 Å². The standard InChI is InChI=1S/C12H13N3O2.C3H10Si/c16-9-7-8(13-1-2-13)12(17)11(15-5-6-15)10(9)14-3-4-14;1-2-3-4/h7H,1-6H2;2-3H2,1,4H3. The largest absolute Gasteiger partial charge is 0.365 e. The maximum absolute atomic E-state index is 12.4. The van der Waals surface area contributed by atoms with Gasteiger partial charge in [0.05, 0.1) is 5.70 Å². The molecular formula is C15H23N3O2Si. The molecule has 0 saturated carbocycles. The van der Waals surface area contributed by atoms with E-state index in [0.29, 0.717) is 17.1 Å². The lowest BCUT2D eigenvalue weighted by Crippen LogP contribution is -2.29. The van der Waals surface area contributed by atoms with Crippen LogP contribution in [0.1, 0.15) is 13.3 Å². The Bertz CT molecular complexity index is 527. The van der Waals surface area contributed by atoms with Gasteiger partial charge in [0.25, 0.3) is 0 Å². The molecule has 6 heteroatoms. The van der Waals surface area contributed by atoms with Gasteiger partial charge in [-0.15, -0.1) is 0 Å². The minimum absolute atomic E-state index is 0.00546. The number of carbonyl (C=O) groups excluding carboxylic acids is 2. The molecule has 1 aliphatic carbocycles. The summed E-state index contributed by atoms with van der Waals surface area (Å²) in [4.78, 5) is 30.5. The van der Waals surface area contributed by atoms with Gasteiger partial charge in [-0.25, -0.2) is 0 Å². The van der Waals surface area contributed by atoms with Crippen LogP contribution >= 0.6 is 0 Å². The van der Waals surface area contributed by atoms with E-state index in [1.54, 1.807) is 0 Å². The van der Waals surface area contributed by atoms with Crippen molar-refractivity contribution < 1.29 is 9.59 Å². The Morgan fingerprint density at radius 3 is 1.86 bits per heavy atom. The zero-order valence-electron chi connectivity index (χ0n) is 12.9. The fraction of sp³-hybridized carbons (Fsp3) is 0.600. The van der Waals surface area contributed by atoms with E-state index in [4.69, 9.17) is 0 Å². The molecule has 3 heterocycles. The highest BCUT2D eigenvalue weighted by atomic mass is 28.1. The monoisotopic (exact) mass is 305 g/mol. The summed E-state index contributed by atoms with van der Waals surface area (Å²) in [6.07, 6.45) is 2.90. The van der Waals surface area contributed by atoms with Crippen molar-refractivity contribution in [2.75, 3.05) is 39.3 Å². The van der Waals surface area contributed by atoms with E-state index in [-0.39, 0.29) is 11.6 Å². The Kier molecular flexibility index (Phi) is 3.88. The van der Waals surface area contributed by atoms with E-state index in [1.165, 1.54) is 28.8 Å². The molecule has 21 heavy (non-hydrogen) atoms. The SMILES string of the molecule is CCC[SiH3].O=C1C=C(N2CC2)C(=O)C(N2CC2)=C1N1CC1.